The van der Waals surface area contributed by atoms with Crippen LogP contribution >= 0.6 is 0 Å². The minimum Gasteiger partial charge on any atom is -0.360 e. The zero-order valence-electron chi connectivity index (χ0n) is 15.9. The number of carbonyl (C=O) groups is 1. The smallest absolute Gasteiger partial charge is 0.253 e. The number of hydrazone groups is 1. The molecule has 0 bridgehead atoms. The van der Waals surface area contributed by atoms with E-state index >= 15 is 0 Å². The number of piperazine rings is 1. The van der Waals surface area contributed by atoms with Gasteiger partial charge in [0.05, 0.1) is 17.9 Å². The van der Waals surface area contributed by atoms with Gasteiger partial charge in [-0.15, -0.1) is 0 Å². The second kappa shape index (κ2) is 7.52. The fourth-order valence-corrected chi connectivity index (χ4v) is 3.54. The van der Waals surface area contributed by atoms with E-state index in [-0.39, 0.29) is 5.91 Å². The fraction of sp³-hybridized carbons (Fsp3) is 0.450. The van der Waals surface area contributed by atoms with E-state index < -0.39 is 0 Å². The van der Waals surface area contributed by atoms with E-state index in [2.05, 4.69) is 15.2 Å². The van der Waals surface area contributed by atoms with Crippen molar-refractivity contribution >= 4 is 17.3 Å². The molecule has 0 radical (unpaired) electrons. The van der Waals surface area contributed by atoms with Gasteiger partial charge in [0.2, 0.25) is 0 Å². The minimum atomic E-state index is 0.0952. The van der Waals surface area contributed by atoms with E-state index in [1.165, 1.54) is 0 Å². The molecule has 0 atom stereocenters. The maximum absolute atomic E-state index is 12.8. The van der Waals surface area contributed by atoms with Gasteiger partial charge in [0.25, 0.3) is 5.91 Å². The summed E-state index contributed by atoms with van der Waals surface area (Å²) < 4.78 is 5.29. The van der Waals surface area contributed by atoms with E-state index in [0.717, 1.165) is 74.1 Å². The van der Waals surface area contributed by atoms with Crippen molar-refractivity contribution in [2.45, 2.75) is 26.8 Å². The van der Waals surface area contributed by atoms with Crippen LogP contribution in [0.5, 0.6) is 0 Å². The van der Waals surface area contributed by atoms with Crippen molar-refractivity contribution in [2.24, 2.45) is 5.10 Å². The summed E-state index contributed by atoms with van der Waals surface area (Å²) >= 11 is 0. The van der Waals surface area contributed by atoms with Gasteiger partial charge >= 0.3 is 0 Å². The third-order valence-electron chi connectivity index (χ3n) is 5.10. The molecule has 0 spiro atoms. The van der Waals surface area contributed by atoms with Crippen LogP contribution in [0.2, 0.25) is 0 Å². The molecule has 0 unspecified atom stereocenters. The van der Waals surface area contributed by atoms with Crippen molar-refractivity contribution in [3.8, 4) is 0 Å². The number of hydrogen-bond acceptors (Lipinski definition) is 6. The zero-order valence-corrected chi connectivity index (χ0v) is 15.9. The van der Waals surface area contributed by atoms with Gasteiger partial charge in [-0.25, -0.2) is 0 Å². The Hall–Kier alpha value is -2.67. The second-order valence-corrected chi connectivity index (χ2v) is 7.26. The number of amides is 1. The molecule has 0 N–H and O–H groups in total. The van der Waals surface area contributed by atoms with Crippen molar-refractivity contribution in [3.05, 3.63) is 47.3 Å². The molecule has 7 nitrogen and oxygen atoms in total. The van der Waals surface area contributed by atoms with Crippen LogP contribution in [0, 0.1) is 6.92 Å². The standard InChI is InChI=1S/C20H25N5O2/c1-15-7-8-25(21-15)18-5-3-17(4-6-18)20(26)24-11-9-23(10-12-24)14-19-13-16(2)22-27-19/h3-6,13H,7-12,14H2,1-2H3. The molecular weight excluding hydrogens is 342 g/mol. The maximum atomic E-state index is 12.8. The van der Waals surface area contributed by atoms with Crippen LogP contribution in [0.3, 0.4) is 0 Å². The molecule has 1 aromatic heterocycles. The van der Waals surface area contributed by atoms with Gasteiger partial charge in [-0.1, -0.05) is 5.16 Å². The number of aryl methyl sites for hydroxylation is 1. The van der Waals surface area contributed by atoms with Crippen LogP contribution in [-0.2, 0) is 6.54 Å². The van der Waals surface area contributed by atoms with Crippen LogP contribution in [0.15, 0.2) is 40.0 Å². The number of aromatic nitrogens is 1. The van der Waals surface area contributed by atoms with Crippen LogP contribution in [0.25, 0.3) is 0 Å². The van der Waals surface area contributed by atoms with Gasteiger partial charge in [-0.3, -0.25) is 14.7 Å². The van der Waals surface area contributed by atoms with Crippen LogP contribution in [0.4, 0.5) is 5.69 Å². The lowest BCUT2D eigenvalue weighted by atomic mass is 10.1. The highest BCUT2D eigenvalue weighted by atomic mass is 16.5. The first-order valence-corrected chi connectivity index (χ1v) is 9.44. The van der Waals surface area contributed by atoms with Crippen LogP contribution in [0.1, 0.15) is 35.2 Å². The van der Waals surface area contributed by atoms with Crippen molar-refractivity contribution in [1.29, 1.82) is 0 Å². The van der Waals surface area contributed by atoms with Gasteiger partial charge in [-0.2, -0.15) is 5.10 Å². The quantitative estimate of drug-likeness (QED) is 0.831. The molecule has 3 heterocycles. The van der Waals surface area contributed by atoms with Gasteiger partial charge in [0.1, 0.15) is 0 Å². The van der Waals surface area contributed by atoms with Gasteiger partial charge in [-0.05, 0) is 38.1 Å². The molecule has 4 rings (SSSR count). The molecule has 0 saturated carbocycles. The lowest BCUT2D eigenvalue weighted by Gasteiger charge is -2.34. The van der Waals surface area contributed by atoms with Crippen molar-refractivity contribution < 1.29 is 9.32 Å². The number of benzene rings is 1. The molecule has 27 heavy (non-hydrogen) atoms. The molecule has 1 amide bonds. The zero-order chi connectivity index (χ0) is 18.8. The highest BCUT2D eigenvalue weighted by Crippen LogP contribution is 2.21. The van der Waals surface area contributed by atoms with E-state index in [0.29, 0.717) is 0 Å². The SMILES string of the molecule is CC1=NN(c2ccc(C(=O)N3CCN(Cc4cc(C)no4)CC3)cc2)CC1. The van der Waals surface area contributed by atoms with E-state index in [1.807, 2.05) is 54.1 Å². The highest BCUT2D eigenvalue weighted by Gasteiger charge is 2.23. The van der Waals surface area contributed by atoms with Crippen molar-refractivity contribution in [1.82, 2.24) is 15.0 Å². The Balaban J connectivity index is 1.32. The van der Waals surface area contributed by atoms with E-state index in [4.69, 9.17) is 4.52 Å². The van der Waals surface area contributed by atoms with Gasteiger partial charge < -0.3 is 9.42 Å². The van der Waals surface area contributed by atoms with E-state index in [9.17, 15) is 4.79 Å². The molecule has 0 aliphatic carbocycles. The summed E-state index contributed by atoms with van der Waals surface area (Å²) in [7, 11) is 0. The molecule has 2 aliphatic rings. The van der Waals surface area contributed by atoms with Gasteiger partial charge in [0, 0.05) is 56.5 Å². The Kier molecular flexibility index (Phi) is 4.94. The van der Waals surface area contributed by atoms with Gasteiger partial charge in [0.15, 0.2) is 5.76 Å². The van der Waals surface area contributed by atoms with Crippen LogP contribution < -0.4 is 5.01 Å². The molecule has 2 aliphatic heterocycles. The fourth-order valence-electron chi connectivity index (χ4n) is 3.54. The molecule has 142 valence electrons. The summed E-state index contributed by atoms with van der Waals surface area (Å²) in [6.45, 7) is 8.75. The number of rotatable bonds is 4. The minimum absolute atomic E-state index is 0.0952. The lowest BCUT2D eigenvalue weighted by Crippen LogP contribution is -2.48. The Labute approximate surface area is 159 Å². The molecule has 1 saturated heterocycles. The average molecular weight is 367 g/mol. The van der Waals surface area contributed by atoms with Crippen LogP contribution in [-0.4, -0.2) is 59.3 Å². The molecular formula is C20H25N5O2. The largest absolute Gasteiger partial charge is 0.360 e. The Morgan fingerprint density at radius 2 is 1.81 bits per heavy atom. The third-order valence-corrected chi connectivity index (χ3v) is 5.10. The Bertz CT molecular complexity index is 834. The summed E-state index contributed by atoms with van der Waals surface area (Å²) in [5.41, 5.74) is 3.82. The monoisotopic (exact) mass is 367 g/mol. The molecule has 7 heteroatoms. The first-order valence-electron chi connectivity index (χ1n) is 9.44. The van der Waals surface area contributed by atoms with Crippen molar-refractivity contribution in [3.63, 3.8) is 0 Å². The summed E-state index contributed by atoms with van der Waals surface area (Å²) in [5, 5.41) is 10.4. The average Bonchev–Trinajstić information content (AvgIpc) is 3.30. The highest BCUT2D eigenvalue weighted by molar-refractivity contribution is 5.94. The second-order valence-electron chi connectivity index (χ2n) is 7.26. The summed E-state index contributed by atoms with van der Waals surface area (Å²) in [4.78, 5) is 17.0. The normalized spacial score (nSPS) is 18.1. The first-order chi connectivity index (χ1) is 13.1. The predicted octanol–water partition coefficient (Wildman–Crippen LogP) is 2.53. The molecule has 2 aromatic rings. The summed E-state index contributed by atoms with van der Waals surface area (Å²) in [5.74, 6) is 0.973. The summed E-state index contributed by atoms with van der Waals surface area (Å²) in [6, 6.07) is 9.75. The topological polar surface area (TPSA) is 65.2 Å². The predicted molar refractivity (Wildman–Crippen MR) is 104 cm³/mol. The van der Waals surface area contributed by atoms with Crippen molar-refractivity contribution in [2.75, 3.05) is 37.7 Å². The third kappa shape index (κ3) is 4.03. The number of carbonyl (C=O) groups excluding carboxylic acids is 1. The molecule has 1 fully saturated rings. The van der Waals surface area contributed by atoms with E-state index in [1.54, 1.807) is 0 Å². The maximum Gasteiger partial charge on any atom is 0.253 e. The number of anilines is 1. The Morgan fingerprint density at radius 1 is 1.07 bits per heavy atom. The number of hydrogen-bond donors (Lipinski definition) is 0. The first kappa shape index (κ1) is 17.7. The Morgan fingerprint density at radius 3 is 2.41 bits per heavy atom. The number of nitrogens with zero attached hydrogens (tertiary/aromatic N) is 5. The lowest BCUT2D eigenvalue weighted by molar-refractivity contribution is 0.0617. The summed E-state index contributed by atoms with van der Waals surface area (Å²) in [6.07, 6.45) is 0.999. The molecule has 1 aromatic carbocycles.